The summed E-state index contributed by atoms with van der Waals surface area (Å²) < 4.78 is 4.39. The van der Waals surface area contributed by atoms with E-state index in [1.807, 2.05) is 0 Å². The van der Waals surface area contributed by atoms with Gasteiger partial charge in [-0.2, -0.15) is 5.26 Å². The van der Waals surface area contributed by atoms with Crippen molar-refractivity contribution in [1.82, 2.24) is 0 Å². The molecule has 1 aromatic rings. The molecule has 0 spiro atoms. The zero-order chi connectivity index (χ0) is 13.0. The van der Waals surface area contributed by atoms with E-state index in [1.54, 1.807) is 6.07 Å². The Morgan fingerprint density at radius 1 is 1.65 bits per heavy atom. The highest BCUT2D eigenvalue weighted by Crippen LogP contribution is 2.27. The number of carbonyl (C=O) groups is 1. The van der Waals surface area contributed by atoms with Gasteiger partial charge in [-0.3, -0.25) is 10.1 Å². The lowest BCUT2D eigenvalue weighted by atomic mass is 10.0. The van der Waals surface area contributed by atoms with Crippen molar-refractivity contribution in [3.63, 3.8) is 0 Å². The van der Waals surface area contributed by atoms with Crippen LogP contribution >= 0.6 is 0 Å². The molecule has 0 atom stereocenters. The number of aliphatic hydroxyl groups is 1. The maximum absolute atomic E-state index is 11.3. The van der Waals surface area contributed by atoms with E-state index < -0.39 is 23.2 Å². The molecule has 0 aliphatic rings. The minimum atomic E-state index is -0.893. The summed E-state index contributed by atoms with van der Waals surface area (Å²) in [6, 6.07) is 4.06. The van der Waals surface area contributed by atoms with Crippen molar-refractivity contribution in [3.05, 3.63) is 38.9 Å². The molecule has 0 radical (unpaired) electrons. The van der Waals surface area contributed by atoms with Crippen LogP contribution in [0.15, 0.2) is 12.1 Å². The number of nitro groups is 1. The van der Waals surface area contributed by atoms with Gasteiger partial charge >= 0.3 is 5.97 Å². The zero-order valence-electron chi connectivity index (χ0n) is 8.84. The number of methoxy groups -OCH3 is 1. The van der Waals surface area contributed by atoms with Gasteiger partial charge < -0.3 is 9.84 Å². The number of nitrogens with zero attached hydrogens (tertiary/aromatic N) is 2. The highest BCUT2D eigenvalue weighted by Gasteiger charge is 2.27. The molecule has 0 aliphatic carbocycles. The molecule has 1 N–H and O–H groups in total. The number of benzene rings is 1. The first kappa shape index (κ1) is 12.6. The number of hydrogen-bond donors (Lipinski definition) is 1. The Morgan fingerprint density at radius 2 is 2.29 bits per heavy atom. The lowest BCUT2D eigenvalue weighted by Crippen LogP contribution is -2.09. The predicted octanol–water partition coefficient (Wildman–Crippen LogP) is 0.745. The van der Waals surface area contributed by atoms with Crippen LogP contribution in [0.1, 0.15) is 21.5 Å². The van der Waals surface area contributed by atoms with E-state index in [0.717, 1.165) is 13.2 Å². The first-order valence-corrected chi connectivity index (χ1v) is 4.46. The normalized spacial score (nSPS) is 9.47. The summed E-state index contributed by atoms with van der Waals surface area (Å²) in [6.45, 7) is -0.704. The highest BCUT2D eigenvalue weighted by atomic mass is 16.6. The van der Waals surface area contributed by atoms with E-state index >= 15 is 0 Å². The minimum Gasteiger partial charge on any atom is -0.465 e. The third kappa shape index (κ3) is 2.21. The molecule has 7 heteroatoms. The van der Waals surface area contributed by atoms with Crippen LogP contribution < -0.4 is 0 Å². The number of nitro benzene ring substituents is 1. The molecule has 0 bridgehead atoms. The van der Waals surface area contributed by atoms with Crippen LogP contribution in [0.4, 0.5) is 5.69 Å². The standard InChI is InChI=1S/C10H8N2O5/c1-17-10(14)7-3-2-6(4-11)8(5-13)9(7)12(15)16/h2-3,13H,5H2,1H3. The predicted molar refractivity (Wildman–Crippen MR) is 55.1 cm³/mol. The average Bonchev–Trinajstić information content (AvgIpc) is 2.35. The first-order valence-electron chi connectivity index (χ1n) is 4.46. The van der Waals surface area contributed by atoms with Crippen LogP contribution in [0.5, 0.6) is 0 Å². The maximum Gasteiger partial charge on any atom is 0.344 e. The molecule has 17 heavy (non-hydrogen) atoms. The van der Waals surface area contributed by atoms with Gasteiger partial charge in [0.05, 0.1) is 35.8 Å². The second kappa shape index (κ2) is 5.05. The van der Waals surface area contributed by atoms with Crippen LogP contribution in [0.2, 0.25) is 0 Å². The van der Waals surface area contributed by atoms with Gasteiger partial charge in [-0.1, -0.05) is 0 Å². The number of esters is 1. The third-order valence-electron chi connectivity index (χ3n) is 2.15. The number of nitriles is 1. The van der Waals surface area contributed by atoms with E-state index in [4.69, 9.17) is 10.4 Å². The van der Waals surface area contributed by atoms with Gasteiger partial charge in [-0.05, 0) is 12.1 Å². The molecule has 88 valence electrons. The number of carbonyl (C=O) groups excluding carboxylic acids is 1. The minimum absolute atomic E-state index is 0.0492. The van der Waals surface area contributed by atoms with Gasteiger partial charge in [0.25, 0.3) is 5.69 Å². The SMILES string of the molecule is COC(=O)c1ccc(C#N)c(CO)c1[N+](=O)[O-]. The van der Waals surface area contributed by atoms with E-state index in [0.29, 0.717) is 0 Å². The highest BCUT2D eigenvalue weighted by molar-refractivity contribution is 5.94. The molecule has 0 fully saturated rings. The molecule has 0 aromatic heterocycles. The van der Waals surface area contributed by atoms with Crippen molar-refractivity contribution in [2.75, 3.05) is 7.11 Å². The van der Waals surface area contributed by atoms with Crippen LogP contribution in [0.3, 0.4) is 0 Å². The number of hydrogen-bond acceptors (Lipinski definition) is 6. The summed E-state index contributed by atoms with van der Waals surface area (Å²) in [5, 5.41) is 28.7. The van der Waals surface area contributed by atoms with E-state index in [9.17, 15) is 14.9 Å². The molecule has 7 nitrogen and oxygen atoms in total. The monoisotopic (exact) mass is 236 g/mol. The molecular weight excluding hydrogens is 228 g/mol. The number of rotatable bonds is 3. The van der Waals surface area contributed by atoms with E-state index in [1.165, 1.54) is 6.07 Å². The quantitative estimate of drug-likeness (QED) is 0.470. The Labute approximate surface area is 96.0 Å². The smallest absolute Gasteiger partial charge is 0.344 e. The van der Waals surface area contributed by atoms with E-state index in [2.05, 4.69) is 4.74 Å². The Balaban J connectivity index is 3.60. The van der Waals surface area contributed by atoms with Crippen LogP contribution in [0, 0.1) is 21.4 Å². The fraction of sp³-hybridized carbons (Fsp3) is 0.200. The molecule has 0 saturated heterocycles. The number of ether oxygens (including phenoxy) is 1. The topological polar surface area (TPSA) is 113 Å². The molecule has 0 aliphatic heterocycles. The fourth-order valence-corrected chi connectivity index (χ4v) is 1.38. The largest absolute Gasteiger partial charge is 0.465 e. The Hall–Kier alpha value is -2.46. The van der Waals surface area contributed by atoms with Gasteiger partial charge in [0.2, 0.25) is 0 Å². The van der Waals surface area contributed by atoms with E-state index in [-0.39, 0.29) is 16.7 Å². The van der Waals surface area contributed by atoms with Crippen molar-refractivity contribution in [2.45, 2.75) is 6.61 Å². The fourth-order valence-electron chi connectivity index (χ4n) is 1.38. The zero-order valence-corrected chi connectivity index (χ0v) is 8.84. The van der Waals surface area contributed by atoms with Gasteiger partial charge in [0.15, 0.2) is 0 Å². The number of aliphatic hydroxyl groups excluding tert-OH is 1. The second-order valence-electron chi connectivity index (χ2n) is 3.01. The lowest BCUT2D eigenvalue weighted by molar-refractivity contribution is -0.386. The van der Waals surface area contributed by atoms with Crippen molar-refractivity contribution < 1.29 is 19.6 Å². The summed E-state index contributed by atoms with van der Waals surface area (Å²) >= 11 is 0. The summed E-state index contributed by atoms with van der Waals surface area (Å²) in [6.07, 6.45) is 0. The molecule has 0 amide bonds. The molecule has 1 aromatic carbocycles. The van der Waals surface area contributed by atoms with Crippen molar-refractivity contribution in [2.24, 2.45) is 0 Å². The summed E-state index contributed by atoms with van der Waals surface area (Å²) in [4.78, 5) is 21.4. The Kier molecular flexibility index (Phi) is 3.74. The summed E-state index contributed by atoms with van der Waals surface area (Å²) in [5.74, 6) is -0.893. The second-order valence-corrected chi connectivity index (χ2v) is 3.01. The molecule has 0 unspecified atom stereocenters. The summed E-state index contributed by atoms with van der Waals surface area (Å²) in [7, 11) is 1.09. The molecule has 0 saturated carbocycles. The third-order valence-corrected chi connectivity index (χ3v) is 2.15. The molecule has 1 rings (SSSR count). The van der Waals surface area contributed by atoms with Gasteiger partial charge in [0.1, 0.15) is 5.56 Å². The average molecular weight is 236 g/mol. The molecule has 0 heterocycles. The Morgan fingerprint density at radius 3 is 2.71 bits per heavy atom. The van der Waals surface area contributed by atoms with Crippen molar-refractivity contribution in [3.8, 4) is 6.07 Å². The lowest BCUT2D eigenvalue weighted by Gasteiger charge is -2.06. The first-order chi connectivity index (χ1) is 8.06. The summed E-state index contributed by atoms with van der Waals surface area (Å²) in [5.41, 5.74) is -1.13. The Bertz CT molecular complexity index is 518. The van der Waals surface area contributed by atoms with Gasteiger partial charge in [-0.15, -0.1) is 0 Å². The maximum atomic E-state index is 11.3. The van der Waals surface area contributed by atoms with Crippen LogP contribution in [-0.4, -0.2) is 23.1 Å². The van der Waals surface area contributed by atoms with Crippen LogP contribution in [0.25, 0.3) is 0 Å². The van der Waals surface area contributed by atoms with Crippen molar-refractivity contribution in [1.29, 1.82) is 5.26 Å². The van der Waals surface area contributed by atoms with Gasteiger partial charge in [-0.25, -0.2) is 4.79 Å². The molecular formula is C10H8N2O5. The van der Waals surface area contributed by atoms with Crippen LogP contribution in [-0.2, 0) is 11.3 Å². The van der Waals surface area contributed by atoms with Crippen molar-refractivity contribution >= 4 is 11.7 Å². The van der Waals surface area contributed by atoms with Gasteiger partial charge in [0, 0.05) is 0 Å².